The summed E-state index contributed by atoms with van der Waals surface area (Å²) in [4.78, 5) is 4.42. The van der Waals surface area contributed by atoms with E-state index in [1.54, 1.807) is 23.5 Å². The van der Waals surface area contributed by atoms with Crippen LogP contribution in [0.15, 0.2) is 29.6 Å². The van der Waals surface area contributed by atoms with Crippen molar-refractivity contribution < 1.29 is 13.2 Å². The van der Waals surface area contributed by atoms with Gasteiger partial charge in [-0.25, -0.2) is 4.98 Å². The lowest BCUT2D eigenvalue weighted by Crippen LogP contribution is -2.30. The highest BCUT2D eigenvalue weighted by molar-refractivity contribution is 7.09. The molecule has 0 aliphatic rings. The molecule has 2 rings (SSSR count). The van der Waals surface area contributed by atoms with Crippen LogP contribution < -0.4 is 5.32 Å². The van der Waals surface area contributed by atoms with Crippen molar-refractivity contribution in [3.05, 3.63) is 51.5 Å². The van der Waals surface area contributed by atoms with Crippen LogP contribution in [0, 0.1) is 6.92 Å². The van der Waals surface area contributed by atoms with E-state index in [2.05, 4.69) is 10.3 Å². The number of aromatic nitrogens is 1. The van der Waals surface area contributed by atoms with E-state index in [1.165, 1.54) is 0 Å². The lowest BCUT2D eigenvalue weighted by atomic mass is 10.0. The van der Waals surface area contributed by atoms with Crippen molar-refractivity contribution in [3.8, 4) is 0 Å². The van der Waals surface area contributed by atoms with Crippen molar-refractivity contribution in [2.75, 3.05) is 7.05 Å². The molecule has 0 saturated heterocycles. The molecule has 6 heteroatoms. The SMILES string of the molecule is CNC(Cc1ccc(C(F)(F)F)cc1)Cc1csc(C)n1. The predicted molar refractivity (Wildman–Crippen MR) is 78.6 cm³/mol. The van der Waals surface area contributed by atoms with E-state index in [4.69, 9.17) is 0 Å². The number of rotatable bonds is 5. The Morgan fingerprint density at radius 3 is 2.33 bits per heavy atom. The van der Waals surface area contributed by atoms with Crippen LogP contribution in [-0.2, 0) is 19.0 Å². The molecule has 0 amide bonds. The monoisotopic (exact) mass is 314 g/mol. The van der Waals surface area contributed by atoms with Crippen LogP contribution in [0.25, 0.3) is 0 Å². The van der Waals surface area contributed by atoms with E-state index in [1.807, 2.05) is 19.4 Å². The third-order valence-electron chi connectivity index (χ3n) is 3.29. The van der Waals surface area contributed by atoms with Gasteiger partial charge in [-0.2, -0.15) is 13.2 Å². The second kappa shape index (κ2) is 6.58. The Balaban J connectivity index is 2.01. The Hall–Kier alpha value is -1.40. The third-order valence-corrected chi connectivity index (χ3v) is 4.12. The highest BCUT2D eigenvalue weighted by Gasteiger charge is 2.29. The molecule has 1 atom stereocenters. The maximum absolute atomic E-state index is 12.5. The first-order valence-electron chi connectivity index (χ1n) is 6.63. The summed E-state index contributed by atoms with van der Waals surface area (Å²) < 4.78 is 37.6. The van der Waals surface area contributed by atoms with E-state index in [0.29, 0.717) is 6.42 Å². The van der Waals surface area contributed by atoms with Crippen molar-refractivity contribution in [2.24, 2.45) is 0 Å². The first-order chi connectivity index (χ1) is 9.88. The van der Waals surface area contributed by atoms with Crippen LogP contribution in [0.2, 0.25) is 0 Å². The van der Waals surface area contributed by atoms with Crippen LogP contribution in [-0.4, -0.2) is 18.1 Å². The van der Waals surface area contributed by atoms with Gasteiger partial charge in [0.25, 0.3) is 0 Å². The molecular formula is C15H17F3N2S. The van der Waals surface area contributed by atoms with Gasteiger partial charge in [-0.3, -0.25) is 0 Å². The molecular weight excluding hydrogens is 297 g/mol. The summed E-state index contributed by atoms with van der Waals surface area (Å²) >= 11 is 1.60. The van der Waals surface area contributed by atoms with E-state index in [9.17, 15) is 13.2 Å². The summed E-state index contributed by atoms with van der Waals surface area (Å²) in [5.74, 6) is 0. The molecule has 0 aliphatic carbocycles. The zero-order valence-electron chi connectivity index (χ0n) is 11.9. The van der Waals surface area contributed by atoms with Gasteiger partial charge in [-0.05, 0) is 38.1 Å². The van der Waals surface area contributed by atoms with Crippen LogP contribution in [0.1, 0.15) is 21.8 Å². The minimum atomic E-state index is -4.28. The number of alkyl halides is 3. The van der Waals surface area contributed by atoms with Crippen molar-refractivity contribution in [1.82, 2.24) is 10.3 Å². The van der Waals surface area contributed by atoms with Crippen LogP contribution >= 0.6 is 11.3 Å². The summed E-state index contributed by atoms with van der Waals surface area (Å²) in [6.07, 6.45) is -2.84. The lowest BCUT2D eigenvalue weighted by molar-refractivity contribution is -0.137. The average Bonchev–Trinajstić information content (AvgIpc) is 2.83. The van der Waals surface area contributed by atoms with Crippen LogP contribution in [0.3, 0.4) is 0 Å². The molecule has 1 N–H and O–H groups in total. The standard InChI is InChI=1S/C15H17F3N2S/c1-10-20-14(9-21-10)8-13(19-2)7-11-3-5-12(6-4-11)15(16,17)18/h3-6,9,13,19H,7-8H2,1-2H3. The zero-order chi connectivity index (χ0) is 15.5. The van der Waals surface area contributed by atoms with Gasteiger partial charge in [-0.15, -0.1) is 11.3 Å². The lowest BCUT2D eigenvalue weighted by Gasteiger charge is -2.15. The maximum atomic E-state index is 12.5. The molecule has 0 fully saturated rings. The summed E-state index contributed by atoms with van der Waals surface area (Å²) in [6, 6.07) is 5.51. The van der Waals surface area contributed by atoms with Gasteiger partial charge in [0, 0.05) is 17.8 Å². The second-order valence-electron chi connectivity index (χ2n) is 4.95. The summed E-state index contributed by atoms with van der Waals surface area (Å²) in [7, 11) is 1.86. The summed E-state index contributed by atoms with van der Waals surface area (Å²) in [6.45, 7) is 1.96. The van der Waals surface area contributed by atoms with E-state index in [0.717, 1.165) is 34.8 Å². The van der Waals surface area contributed by atoms with Gasteiger partial charge in [0.1, 0.15) is 0 Å². The number of likely N-dealkylation sites (N-methyl/N-ethyl adjacent to an activating group) is 1. The van der Waals surface area contributed by atoms with Crippen molar-refractivity contribution in [1.29, 1.82) is 0 Å². The minimum absolute atomic E-state index is 0.156. The van der Waals surface area contributed by atoms with Gasteiger partial charge in [-0.1, -0.05) is 12.1 Å². The molecule has 2 nitrogen and oxygen atoms in total. The number of aryl methyl sites for hydroxylation is 1. The minimum Gasteiger partial charge on any atom is -0.316 e. The maximum Gasteiger partial charge on any atom is 0.416 e. The van der Waals surface area contributed by atoms with E-state index < -0.39 is 11.7 Å². The predicted octanol–water partition coefficient (Wildman–Crippen LogP) is 3.84. The largest absolute Gasteiger partial charge is 0.416 e. The summed E-state index contributed by atoms with van der Waals surface area (Å²) in [5.41, 5.74) is 1.29. The number of thiazole rings is 1. The number of nitrogens with one attached hydrogen (secondary N) is 1. The normalized spacial score (nSPS) is 13.4. The molecule has 0 bridgehead atoms. The van der Waals surface area contributed by atoms with E-state index in [-0.39, 0.29) is 6.04 Å². The fourth-order valence-corrected chi connectivity index (χ4v) is 2.77. The number of nitrogens with zero attached hydrogens (tertiary/aromatic N) is 1. The Kier molecular flexibility index (Phi) is 5.00. The van der Waals surface area contributed by atoms with E-state index >= 15 is 0 Å². The fraction of sp³-hybridized carbons (Fsp3) is 0.400. The molecule has 1 aromatic heterocycles. The van der Waals surface area contributed by atoms with Crippen molar-refractivity contribution in [3.63, 3.8) is 0 Å². The van der Waals surface area contributed by atoms with Crippen molar-refractivity contribution >= 4 is 11.3 Å². The molecule has 2 aromatic rings. The molecule has 1 heterocycles. The van der Waals surface area contributed by atoms with Gasteiger partial charge in [0.2, 0.25) is 0 Å². The first-order valence-corrected chi connectivity index (χ1v) is 7.51. The second-order valence-corrected chi connectivity index (χ2v) is 6.01. The number of hydrogen-bond acceptors (Lipinski definition) is 3. The first kappa shape index (κ1) is 16.0. The molecule has 1 aromatic carbocycles. The number of hydrogen-bond donors (Lipinski definition) is 1. The molecule has 0 saturated carbocycles. The Morgan fingerprint density at radius 2 is 1.86 bits per heavy atom. The Labute approximate surface area is 126 Å². The zero-order valence-corrected chi connectivity index (χ0v) is 12.7. The summed E-state index contributed by atoms with van der Waals surface area (Å²) in [5, 5.41) is 6.24. The number of halogens is 3. The highest BCUT2D eigenvalue weighted by Crippen LogP contribution is 2.29. The topological polar surface area (TPSA) is 24.9 Å². The molecule has 21 heavy (non-hydrogen) atoms. The smallest absolute Gasteiger partial charge is 0.316 e. The van der Waals surface area contributed by atoms with Crippen molar-refractivity contribution in [2.45, 2.75) is 32.0 Å². The quantitative estimate of drug-likeness (QED) is 0.907. The molecule has 0 radical (unpaired) electrons. The molecule has 114 valence electrons. The molecule has 0 spiro atoms. The van der Waals surface area contributed by atoms with Gasteiger partial charge in [0.05, 0.1) is 16.3 Å². The van der Waals surface area contributed by atoms with Gasteiger partial charge < -0.3 is 5.32 Å². The highest BCUT2D eigenvalue weighted by atomic mass is 32.1. The molecule has 0 aliphatic heterocycles. The fourth-order valence-electron chi connectivity index (χ4n) is 2.15. The Morgan fingerprint density at radius 1 is 1.19 bits per heavy atom. The van der Waals surface area contributed by atoms with Crippen LogP contribution in [0.4, 0.5) is 13.2 Å². The Bertz CT molecular complexity index is 575. The molecule has 1 unspecified atom stereocenters. The van der Waals surface area contributed by atoms with Crippen LogP contribution in [0.5, 0.6) is 0 Å². The third kappa shape index (κ3) is 4.54. The average molecular weight is 314 g/mol. The van der Waals surface area contributed by atoms with Gasteiger partial charge >= 0.3 is 6.18 Å². The number of benzene rings is 1. The van der Waals surface area contributed by atoms with Gasteiger partial charge in [0.15, 0.2) is 0 Å².